The van der Waals surface area contributed by atoms with Crippen LogP contribution in [0.3, 0.4) is 0 Å². The molecule has 1 aromatic rings. The number of hydrogen-bond acceptors (Lipinski definition) is 4. The van der Waals surface area contributed by atoms with Crippen molar-refractivity contribution in [1.82, 2.24) is 4.90 Å². The zero-order valence-corrected chi connectivity index (χ0v) is 11.4. The summed E-state index contributed by atoms with van der Waals surface area (Å²) in [7, 11) is 1.56. The molecule has 0 aliphatic carbocycles. The van der Waals surface area contributed by atoms with Gasteiger partial charge in [0.05, 0.1) is 12.2 Å². The molecule has 6 heteroatoms. The van der Waals surface area contributed by atoms with Crippen LogP contribution < -0.4 is 0 Å². The summed E-state index contributed by atoms with van der Waals surface area (Å²) in [6.45, 7) is 4.76. The number of rotatable bonds is 7. The van der Waals surface area contributed by atoms with Gasteiger partial charge in [0.15, 0.2) is 5.76 Å². The molecule has 0 saturated carbocycles. The van der Waals surface area contributed by atoms with E-state index in [9.17, 15) is 9.59 Å². The minimum Gasteiger partial charge on any atom is -0.478 e. The zero-order valence-electron chi connectivity index (χ0n) is 11.4. The molecule has 0 aliphatic heterocycles. The molecule has 1 atom stereocenters. The minimum atomic E-state index is -1.12. The van der Waals surface area contributed by atoms with Gasteiger partial charge in [-0.25, -0.2) is 4.79 Å². The summed E-state index contributed by atoms with van der Waals surface area (Å²) in [4.78, 5) is 24.7. The fraction of sp³-hybridized carbons (Fsp3) is 0.538. The Morgan fingerprint density at radius 3 is 2.68 bits per heavy atom. The first kappa shape index (κ1) is 15.2. The summed E-state index contributed by atoms with van der Waals surface area (Å²) >= 11 is 0. The van der Waals surface area contributed by atoms with E-state index in [1.165, 1.54) is 6.07 Å². The van der Waals surface area contributed by atoms with Crippen molar-refractivity contribution in [2.24, 2.45) is 0 Å². The van der Waals surface area contributed by atoms with Crippen molar-refractivity contribution in [3.05, 3.63) is 23.7 Å². The van der Waals surface area contributed by atoms with Gasteiger partial charge in [0.25, 0.3) is 5.91 Å². The number of hydrogen-bond donors (Lipinski definition) is 1. The first-order valence-corrected chi connectivity index (χ1v) is 6.13. The number of ether oxygens (including phenoxy) is 1. The summed E-state index contributed by atoms with van der Waals surface area (Å²) < 4.78 is 10.0. The number of carbonyl (C=O) groups is 2. The van der Waals surface area contributed by atoms with Gasteiger partial charge in [0.2, 0.25) is 0 Å². The van der Waals surface area contributed by atoms with Crippen LogP contribution in [0.5, 0.6) is 0 Å². The van der Waals surface area contributed by atoms with E-state index in [0.717, 1.165) is 12.7 Å². The van der Waals surface area contributed by atoms with Crippen molar-refractivity contribution in [1.29, 1.82) is 0 Å². The second kappa shape index (κ2) is 6.94. The van der Waals surface area contributed by atoms with Gasteiger partial charge in [-0.05, 0) is 13.3 Å². The average molecular weight is 269 g/mol. The fourth-order valence-electron chi connectivity index (χ4n) is 1.63. The van der Waals surface area contributed by atoms with Crippen LogP contribution >= 0.6 is 0 Å². The summed E-state index contributed by atoms with van der Waals surface area (Å²) in [5.41, 5.74) is -0.0285. The lowest BCUT2D eigenvalue weighted by Gasteiger charge is -2.27. The molecule has 0 saturated heterocycles. The zero-order chi connectivity index (χ0) is 14.4. The molecule has 0 fully saturated rings. The monoisotopic (exact) mass is 269 g/mol. The third-order valence-electron chi connectivity index (χ3n) is 2.98. The van der Waals surface area contributed by atoms with Gasteiger partial charge in [-0.1, -0.05) is 6.92 Å². The molecule has 0 spiro atoms. The van der Waals surface area contributed by atoms with E-state index in [-0.39, 0.29) is 23.3 Å². The van der Waals surface area contributed by atoms with Crippen LogP contribution in [0.25, 0.3) is 0 Å². The Labute approximate surface area is 112 Å². The third kappa shape index (κ3) is 3.82. The second-order valence-electron chi connectivity index (χ2n) is 4.25. The molecule has 1 rings (SSSR count). The smallest absolute Gasteiger partial charge is 0.338 e. The highest BCUT2D eigenvalue weighted by Gasteiger charge is 2.23. The van der Waals surface area contributed by atoms with Crippen LogP contribution in [-0.2, 0) is 4.74 Å². The van der Waals surface area contributed by atoms with E-state index in [1.54, 1.807) is 12.0 Å². The molecule has 106 valence electrons. The molecule has 0 aliphatic rings. The summed E-state index contributed by atoms with van der Waals surface area (Å²) in [6.07, 6.45) is 1.86. The van der Waals surface area contributed by atoms with Gasteiger partial charge in [-0.15, -0.1) is 0 Å². The average Bonchev–Trinajstić information content (AvgIpc) is 2.88. The highest BCUT2D eigenvalue weighted by atomic mass is 16.5. The molecule has 0 aromatic carbocycles. The Morgan fingerprint density at radius 1 is 1.53 bits per heavy atom. The highest BCUT2D eigenvalue weighted by Crippen LogP contribution is 2.14. The molecule has 1 amide bonds. The number of furan rings is 1. The molecule has 0 radical (unpaired) electrons. The van der Waals surface area contributed by atoms with Crippen molar-refractivity contribution in [3.63, 3.8) is 0 Å². The number of carbonyl (C=O) groups excluding carboxylic acids is 1. The first-order valence-electron chi connectivity index (χ1n) is 6.13. The van der Waals surface area contributed by atoms with Gasteiger partial charge >= 0.3 is 5.97 Å². The van der Waals surface area contributed by atoms with Crippen molar-refractivity contribution in [3.8, 4) is 0 Å². The Balaban J connectivity index is 2.87. The maximum atomic E-state index is 12.3. The topological polar surface area (TPSA) is 80.0 Å². The van der Waals surface area contributed by atoms with Crippen LogP contribution in [0, 0.1) is 0 Å². The minimum absolute atomic E-state index is 0.0285. The third-order valence-corrected chi connectivity index (χ3v) is 2.98. The predicted octanol–water partition coefficient (Wildman–Crippen LogP) is 1.86. The first-order chi connectivity index (χ1) is 9.01. The van der Waals surface area contributed by atoms with Crippen molar-refractivity contribution < 1.29 is 23.8 Å². The van der Waals surface area contributed by atoms with Crippen LogP contribution in [0.2, 0.25) is 0 Å². The van der Waals surface area contributed by atoms with E-state index in [4.69, 9.17) is 14.3 Å². The molecule has 1 heterocycles. The Bertz CT molecular complexity index is 440. The van der Waals surface area contributed by atoms with Gasteiger partial charge < -0.3 is 19.2 Å². The summed E-state index contributed by atoms with van der Waals surface area (Å²) in [6, 6.07) is 1.27. The molecule has 19 heavy (non-hydrogen) atoms. The number of methoxy groups -OCH3 is 1. The number of carboxylic acid groups (broad SMARTS) is 1. The molecular weight excluding hydrogens is 250 g/mol. The Morgan fingerprint density at radius 2 is 2.21 bits per heavy atom. The lowest BCUT2D eigenvalue weighted by Crippen LogP contribution is -2.40. The fourth-order valence-corrected chi connectivity index (χ4v) is 1.63. The summed E-state index contributed by atoms with van der Waals surface area (Å²) in [5, 5.41) is 8.81. The standard InChI is InChI=1S/C13H19NO5/c1-4-9(2)14(5-6-18-3)12(15)11-7-10(8-19-11)13(16)17/h7-9H,4-6H2,1-3H3,(H,16,17). The Kier molecular flexibility index (Phi) is 5.57. The Hall–Kier alpha value is -1.82. The SMILES string of the molecule is CCC(C)N(CCOC)C(=O)c1cc(C(=O)O)co1. The van der Waals surface area contributed by atoms with E-state index in [1.807, 2.05) is 13.8 Å². The predicted molar refractivity (Wildman–Crippen MR) is 68.3 cm³/mol. The normalized spacial score (nSPS) is 12.2. The number of nitrogens with zero attached hydrogens (tertiary/aromatic N) is 1. The van der Waals surface area contributed by atoms with Crippen LogP contribution in [0.4, 0.5) is 0 Å². The van der Waals surface area contributed by atoms with Crippen LogP contribution in [0.15, 0.2) is 16.7 Å². The van der Waals surface area contributed by atoms with Crippen LogP contribution in [0.1, 0.15) is 41.2 Å². The summed E-state index contributed by atoms with van der Waals surface area (Å²) in [5.74, 6) is -1.40. The molecule has 1 aromatic heterocycles. The lowest BCUT2D eigenvalue weighted by atomic mass is 10.2. The molecule has 0 bridgehead atoms. The number of aromatic carboxylic acids is 1. The van der Waals surface area contributed by atoms with E-state index < -0.39 is 5.97 Å². The van der Waals surface area contributed by atoms with E-state index in [0.29, 0.717) is 13.2 Å². The molecule has 1 unspecified atom stereocenters. The lowest BCUT2D eigenvalue weighted by molar-refractivity contribution is 0.0582. The van der Waals surface area contributed by atoms with Gasteiger partial charge in [0.1, 0.15) is 6.26 Å². The van der Waals surface area contributed by atoms with E-state index in [2.05, 4.69) is 0 Å². The second-order valence-corrected chi connectivity index (χ2v) is 4.25. The van der Waals surface area contributed by atoms with Crippen molar-refractivity contribution in [2.75, 3.05) is 20.3 Å². The maximum absolute atomic E-state index is 12.3. The van der Waals surface area contributed by atoms with Crippen molar-refractivity contribution >= 4 is 11.9 Å². The molecule has 6 nitrogen and oxygen atoms in total. The highest BCUT2D eigenvalue weighted by molar-refractivity contribution is 5.95. The van der Waals surface area contributed by atoms with Crippen LogP contribution in [-0.4, -0.2) is 48.2 Å². The maximum Gasteiger partial charge on any atom is 0.338 e. The number of carboxylic acids is 1. The van der Waals surface area contributed by atoms with Gasteiger partial charge in [0, 0.05) is 25.8 Å². The van der Waals surface area contributed by atoms with Gasteiger partial charge in [-0.2, -0.15) is 0 Å². The van der Waals surface area contributed by atoms with E-state index >= 15 is 0 Å². The van der Waals surface area contributed by atoms with Crippen molar-refractivity contribution in [2.45, 2.75) is 26.3 Å². The largest absolute Gasteiger partial charge is 0.478 e. The molecular formula is C13H19NO5. The molecule has 1 N–H and O–H groups in total. The van der Waals surface area contributed by atoms with Gasteiger partial charge in [-0.3, -0.25) is 4.79 Å². The quantitative estimate of drug-likeness (QED) is 0.817. The number of amides is 1.